The number of halogens is 3. The molecule has 3 rings (SSSR count). The maximum absolute atomic E-state index is 13.8. The lowest BCUT2D eigenvalue weighted by Crippen LogP contribution is -1.99. The Morgan fingerprint density at radius 1 is 1.24 bits per heavy atom. The number of benzene rings is 2. The minimum absolute atomic E-state index is 0.0444. The van der Waals surface area contributed by atoms with E-state index in [4.69, 9.17) is 27.9 Å². The molecule has 0 radical (unpaired) electrons. The predicted molar refractivity (Wildman–Crippen MR) is 82.1 cm³/mol. The van der Waals surface area contributed by atoms with Gasteiger partial charge in [0, 0.05) is 11.8 Å². The van der Waals surface area contributed by atoms with Gasteiger partial charge in [0.05, 0.1) is 29.0 Å². The van der Waals surface area contributed by atoms with E-state index in [1.54, 1.807) is 11.7 Å². The van der Waals surface area contributed by atoms with Gasteiger partial charge in [-0.1, -0.05) is 11.6 Å². The maximum Gasteiger partial charge on any atom is 0.144 e. The van der Waals surface area contributed by atoms with E-state index in [0.29, 0.717) is 16.9 Å². The second-order valence-electron chi connectivity index (χ2n) is 4.45. The van der Waals surface area contributed by atoms with E-state index in [2.05, 4.69) is 4.98 Å². The second-order valence-corrected chi connectivity index (χ2v) is 5.12. The van der Waals surface area contributed by atoms with Crippen LogP contribution in [-0.4, -0.2) is 16.7 Å². The number of alkyl halides is 1. The lowest BCUT2D eigenvalue weighted by Gasteiger charge is -2.09. The first-order valence-corrected chi connectivity index (χ1v) is 7.12. The van der Waals surface area contributed by atoms with Gasteiger partial charge in [-0.25, -0.2) is 9.37 Å². The lowest BCUT2D eigenvalue weighted by molar-refractivity contribution is 0.414. The molecule has 0 saturated heterocycles. The van der Waals surface area contributed by atoms with Gasteiger partial charge in [-0.3, -0.25) is 4.57 Å². The third-order valence-corrected chi connectivity index (χ3v) is 3.74. The van der Waals surface area contributed by atoms with E-state index in [1.807, 2.05) is 24.3 Å². The quantitative estimate of drug-likeness (QED) is 0.660. The molecule has 0 spiro atoms. The average Bonchev–Trinajstić information content (AvgIpc) is 2.85. The molecule has 0 amide bonds. The molecule has 0 fully saturated rings. The Hall–Kier alpha value is -1.78. The molecule has 0 aliphatic rings. The number of aromatic nitrogens is 2. The third-order valence-electron chi connectivity index (χ3n) is 3.22. The molecule has 6 heteroatoms. The molecule has 1 heterocycles. The van der Waals surface area contributed by atoms with E-state index in [9.17, 15) is 4.39 Å². The molecule has 0 unspecified atom stereocenters. The summed E-state index contributed by atoms with van der Waals surface area (Å²) < 4.78 is 20.7. The van der Waals surface area contributed by atoms with E-state index in [1.165, 1.54) is 12.1 Å². The Balaban J connectivity index is 2.25. The van der Waals surface area contributed by atoms with E-state index in [-0.39, 0.29) is 10.9 Å². The third kappa shape index (κ3) is 2.45. The number of hydrogen-bond acceptors (Lipinski definition) is 2. The number of methoxy groups -OCH3 is 1. The Kier molecular flexibility index (Phi) is 3.74. The van der Waals surface area contributed by atoms with Crippen molar-refractivity contribution in [1.82, 2.24) is 9.55 Å². The Bertz CT molecular complexity index is 800. The molecule has 3 nitrogen and oxygen atoms in total. The van der Waals surface area contributed by atoms with Crippen molar-refractivity contribution >= 4 is 34.2 Å². The lowest BCUT2D eigenvalue weighted by atomic mass is 10.2. The van der Waals surface area contributed by atoms with Crippen molar-refractivity contribution in [3.63, 3.8) is 0 Å². The summed E-state index contributed by atoms with van der Waals surface area (Å²) in [6.45, 7) is 0. The van der Waals surface area contributed by atoms with E-state index < -0.39 is 5.82 Å². The Morgan fingerprint density at radius 2 is 1.95 bits per heavy atom. The fraction of sp³-hybridized carbons (Fsp3) is 0.133. The van der Waals surface area contributed by atoms with Gasteiger partial charge in [-0.2, -0.15) is 0 Å². The number of nitrogens with zero attached hydrogens (tertiary/aromatic N) is 2. The van der Waals surface area contributed by atoms with Crippen LogP contribution in [0.25, 0.3) is 16.7 Å². The second kappa shape index (κ2) is 5.54. The van der Waals surface area contributed by atoms with Gasteiger partial charge in [0.15, 0.2) is 0 Å². The van der Waals surface area contributed by atoms with Crippen molar-refractivity contribution in [2.75, 3.05) is 7.11 Å². The molecule has 0 aliphatic heterocycles. The van der Waals surface area contributed by atoms with Gasteiger partial charge in [0.2, 0.25) is 0 Å². The number of hydrogen-bond donors (Lipinski definition) is 0. The molecular formula is C15H11Cl2FN2O. The summed E-state index contributed by atoms with van der Waals surface area (Å²) >= 11 is 11.8. The molecule has 108 valence electrons. The van der Waals surface area contributed by atoms with Crippen LogP contribution in [0.5, 0.6) is 5.75 Å². The van der Waals surface area contributed by atoms with Gasteiger partial charge in [-0.15, -0.1) is 11.6 Å². The predicted octanol–water partition coefficient (Wildman–Crippen LogP) is 4.57. The fourth-order valence-corrected chi connectivity index (χ4v) is 2.57. The van der Waals surface area contributed by atoms with Crippen LogP contribution in [0.1, 0.15) is 5.82 Å². The van der Waals surface area contributed by atoms with Gasteiger partial charge in [0.1, 0.15) is 17.4 Å². The molecular weight excluding hydrogens is 314 g/mol. The highest BCUT2D eigenvalue weighted by Crippen LogP contribution is 2.28. The minimum atomic E-state index is -0.486. The number of rotatable bonds is 3. The fourth-order valence-electron chi connectivity index (χ4n) is 2.23. The van der Waals surface area contributed by atoms with Crippen molar-refractivity contribution in [2.45, 2.75) is 5.88 Å². The maximum atomic E-state index is 13.8. The molecule has 0 atom stereocenters. The molecule has 0 aliphatic carbocycles. The van der Waals surface area contributed by atoms with Crippen molar-refractivity contribution in [3.8, 4) is 11.4 Å². The van der Waals surface area contributed by atoms with Crippen LogP contribution in [-0.2, 0) is 5.88 Å². The first-order chi connectivity index (χ1) is 10.1. The van der Waals surface area contributed by atoms with Gasteiger partial charge < -0.3 is 4.74 Å². The zero-order valence-electron chi connectivity index (χ0n) is 11.1. The van der Waals surface area contributed by atoms with Crippen LogP contribution in [0.2, 0.25) is 5.02 Å². The standard InChI is InChI=1S/C15H11Cl2FN2O/c1-21-10-4-2-9(3-5-10)20-14-7-12(18)11(17)6-13(14)19-15(20)8-16/h2-7H,8H2,1H3. The summed E-state index contributed by atoms with van der Waals surface area (Å²) in [4.78, 5) is 4.40. The highest BCUT2D eigenvalue weighted by molar-refractivity contribution is 6.31. The van der Waals surface area contributed by atoms with Gasteiger partial charge in [-0.05, 0) is 30.3 Å². The van der Waals surface area contributed by atoms with Crippen molar-refractivity contribution < 1.29 is 9.13 Å². The summed E-state index contributed by atoms with van der Waals surface area (Å²) in [5.74, 6) is 1.09. The van der Waals surface area contributed by atoms with E-state index >= 15 is 0 Å². The largest absolute Gasteiger partial charge is 0.497 e. The molecule has 0 N–H and O–H groups in total. The highest BCUT2D eigenvalue weighted by Gasteiger charge is 2.14. The number of imidazole rings is 1. The van der Waals surface area contributed by atoms with Crippen LogP contribution in [0.4, 0.5) is 4.39 Å². The van der Waals surface area contributed by atoms with Crippen LogP contribution in [0.3, 0.4) is 0 Å². The molecule has 0 bridgehead atoms. The summed E-state index contributed by atoms with van der Waals surface area (Å²) in [7, 11) is 1.60. The summed E-state index contributed by atoms with van der Waals surface area (Å²) in [5.41, 5.74) is 2.06. The summed E-state index contributed by atoms with van der Waals surface area (Å²) in [6, 6.07) is 10.2. The topological polar surface area (TPSA) is 27.1 Å². The Morgan fingerprint density at radius 3 is 2.57 bits per heavy atom. The molecule has 21 heavy (non-hydrogen) atoms. The summed E-state index contributed by atoms with van der Waals surface area (Å²) in [5, 5.41) is 0.0444. The SMILES string of the molecule is COc1ccc(-n2c(CCl)nc3cc(Cl)c(F)cc32)cc1. The first kappa shape index (κ1) is 14.2. The first-order valence-electron chi connectivity index (χ1n) is 6.21. The number of fused-ring (bicyclic) bond motifs is 1. The van der Waals surface area contributed by atoms with Crippen LogP contribution in [0, 0.1) is 5.82 Å². The molecule has 3 aromatic rings. The van der Waals surface area contributed by atoms with Crippen molar-refractivity contribution in [2.24, 2.45) is 0 Å². The molecule has 2 aromatic carbocycles. The molecule has 1 aromatic heterocycles. The van der Waals surface area contributed by atoms with Crippen molar-refractivity contribution in [3.05, 3.63) is 53.1 Å². The van der Waals surface area contributed by atoms with Crippen LogP contribution >= 0.6 is 23.2 Å². The van der Waals surface area contributed by atoms with Gasteiger partial charge in [0.25, 0.3) is 0 Å². The average molecular weight is 325 g/mol. The zero-order chi connectivity index (χ0) is 15.0. The normalized spacial score (nSPS) is 11.0. The molecule has 0 saturated carbocycles. The monoisotopic (exact) mass is 324 g/mol. The summed E-state index contributed by atoms with van der Waals surface area (Å²) in [6.07, 6.45) is 0. The van der Waals surface area contributed by atoms with Crippen LogP contribution < -0.4 is 4.74 Å². The van der Waals surface area contributed by atoms with E-state index in [0.717, 1.165) is 11.4 Å². The smallest absolute Gasteiger partial charge is 0.144 e. The van der Waals surface area contributed by atoms with Crippen molar-refractivity contribution in [1.29, 1.82) is 0 Å². The Labute approximate surface area is 130 Å². The number of ether oxygens (including phenoxy) is 1. The highest BCUT2D eigenvalue weighted by atomic mass is 35.5. The van der Waals surface area contributed by atoms with Crippen LogP contribution in [0.15, 0.2) is 36.4 Å². The van der Waals surface area contributed by atoms with Gasteiger partial charge >= 0.3 is 0 Å². The minimum Gasteiger partial charge on any atom is -0.497 e. The zero-order valence-corrected chi connectivity index (χ0v) is 12.6.